The van der Waals surface area contributed by atoms with E-state index in [1.807, 2.05) is 0 Å². The Hall–Kier alpha value is -4.50. The number of aromatic amines is 1. The Balaban J connectivity index is 2.20. The minimum atomic E-state index is -1.28. The standard InChI is InChI=1S/C30H47N7O9/c1-6-10-20(24(39)27(42)32-15-22(38)34-17(2)28(43)44)35-25(40)21(13-19-14-31-16-33-19)36-26(41)23(18-11-8-7-9-12-18)37-29(45)46-30(3,4)5/h14,16-18,20-21,23H,6-13,15H2,1-5H3,(H,31,33)(H,32,42)(H,34,38)(H,35,40)(H,36,41)(H,37,45)(H,43,44)/t17-,20?,21-,23-/m0/s1. The Morgan fingerprint density at radius 1 is 0.978 bits per heavy atom. The van der Waals surface area contributed by atoms with Crippen molar-refractivity contribution in [2.24, 2.45) is 5.92 Å². The van der Waals surface area contributed by atoms with Crippen molar-refractivity contribution in [2.45, 2.75) is 116 Å². The molecule has 1 aliphatic rings. The number of carboxylic acids is 1. The summed E-state index contributed by atoms with van der Waals surface area (Å²) in [5, 5.41) is 21.2. The number of hydrogen-bond acceptors (Lipinski definition) is 9. The van der Waals surface area contributed by atoms with Crippen LogP contribution in [0.5, 0.6) is 0 Å². The summed E-state index contributed by atoms with van der Waals surface area (Å²) >= 11 is 0. The molecule has 256 valence electrons. The molecule has 4 atom stereocenters. The molecule has 0 saturated heterocycles. The van der Waals surface area contributed by atoms with Crippen LogP contribution in [-0.4, -0.2) is 92.9 Å². The number of ketones is 1. The molecule has 16 heteroatoms. The number of nitrogens with zero attached hydrogens (tertiary/aromatic N) is 1. The number of carboxylic acid groups (broad SMARTS) is 1. The molecule has 1 aromatic rings. The first kappa shape index (κ1) is 37.7. The van der Waals surface area contributed by atoms with Gasteiger partial charge in [0.05, 0.1) is 18.9 Å². The summed E-state index contributed by atoms with van der Waals surface area (Å²) in [4.78, 5) is 95.3. The summed E-state index contributed by atoms with van der Waals surface area (Å²) < 4.78 is 5.39. The lowest BCUT2D eigenvalue weighted by Gasteiger charge is -2.32. The van der Waals surface area contributed by atoms with Crippen LogP contribution in [0.15, 0.2) is 12.5 Å². The second-order valence-corrected chi connectivity index (χ2v) is 12.4. The first-order chi connectivity index (χ1) is 21.6. The predicted molar refractivity (Wildman–Crippen MR) is 164 cm³/mol. The Labute approximate surface area is 267 Å². The Kier molecular flexibility index (Phi) is 14.6. The van der Waals surface area contributed by atoms with Gasteiger partial charge in [-0.2, -0.15) is 0 Å². The van der Waals surface area contributed by atoms with Gasteiger partial charge >= 0.3 is 12.1 Å². The number of imidazole rings is 1. The fourth-order valence-electron chi connectivity index (χ4n) is 4.98. The molecule has 1 aromatic heterocycles. The number of H-pyrrole nitrogens is 1. The number of nitrogens with one attached hydrogen (secondary N) is 6. The van der Waals surface area contributed by atoms with Crippen LogP contribution in [0.4, 0.5) is 4.79 Å². The second-order valence-electron chi connectivity index (χ2n) is 12.4. The molecular formula is C30H47N7O9. The van der Waals surface area contributed by atoms with Crippen LogP contribution in [-0.2, 0) is 39.9 Å². The number of ether oxygens (including phenoxy) is 1. The highest BCUT2D eigenvalue weighted by atomic mass is 16.6. The van der Waals surface area contributed by atoms with Gasteiger partial charge in [-0.25, -0.2) is 9.78 Å². The lowest BCUT2D eigenvalue weighted by atomic mass is 9.83. The lowest BCUT2D eigenvalue weighted by molar-refractivity contribution is -0.142. The van der Waals surface area contributed by atoms with Crippen LogP contribution in [0.25, 0.3) is 0 Å². The maximum Gasteiger partial charge on any atom is 0.408 e. The second kappa shape index (κ2) is 17.8. The molecule has 1 unspecified atom stereocenters. The van der Waals surface area contributed by atoms with E-state index in [9.17, 15) is 33.6 Å². The van der Waals surface area contributed by atoms with E-state index in [2.05, 4.69) is 36.6 Å². The van der Waals surface area contributed by atoms with Gasteiger partial charge in [0.15, 0.2) is 0 Å². The number of carbonyl (C=O) groups excluding carboxylic acids is 6. The third kappa shape index (κ3) is 12.9. The van der Waals surface area contributed by atoms with Crippen LogP contribution in [0.1, 0.15) is 85.3 Å². The lowest BCUT2D eigenvalue weighted by Crippen LogP contribution is -2.59. The number of Topliss-reactive ketones (excluding diaryl/α,β-unsaturated/α-hetero) is 1. The van der Waals surface area contributed by atoms with Gasteiger partial charge in [0, 0.05) is 18.3 Å². The minimum Gasteiger partial charge on any atom is -0.480 e. The molecule has 1 fully saturated rings. The van der Waals surface area contributed by atoms with Gasteiger partial charge in [-0.05, 0) is 52.9 Å². The zero-order valence-corrected chi connectivity index (χ0v) is 27.1. The van der Waals surface area contributed by atoms with Gasteiger partial charge in [0.25, 0.3) is 5.91 Å². The summed E-state index contributed by atoms with van der Waals surface area (Å²) in [6, 6.07) is -4.70. The number of hydrogen-bond donors (Lipinski definition) is 7. The molecular weight excluding hydrogens is 602 g/mol. The number of aliphatic carboxylic acids is 1. The van der Waals surface area contributed by atoms with Crippen LogP contribution in [0.2, 0.25) is 0 Å². The zero-order valence-electron chi connectivity index (χ0n) is 27.1. The topological polar surface area (TPSA) is 238 Å². The average molecular weight is 650 g/mol. The summed E-state index contributed by atoms with van der Waals surface area (Å²) in [7, 11) is 0. The van der Waals surface area contributed by atoms with Crippen LogP contribution in [0.3, 0.4) is 0 Å². The van der Waals surface area contributed by atoms with Gasteiger partial charge in [-0.3, -0.25) is 28.8 Å². The maximum atomic E-state index is 13.7. The van der Waals surface area contributed by atoms with Crippen molar-refractivity contribution in [2.75, 3.05) is 6.54 Å². The van der Waals surface area contributed by atoms with E-state index in [1.165, 1.54) is 19.4 Å². The summed E-state index contributed by atoms with van der Waals surface area (Å²) in [5.74, 6) is -5.81. The zero-order chi connectivity index (χ0) is 34.4. The van der Waals surface area contributed by atoms with E-state index in [-0.39, 0.29) is 18.8 Å². The molecule has 0 bridgehead atoms. The molecule has 0 radical (unpaired) electrons. The summed E-state index contributed by atoms with van der Waals surface area (Å²) in [5.41, 5.74) is -0.290. The molecule has 1 heterocycles. The Morgan fingerprint density at radius 2 is 1.63 bits per heavy atom. The number of amides is 5. The number of rotatable bonds is 16. The first-order valence-corrected chi connectivity index (χ1v) is 15.5. The third-order valence-corrected chi connectivity index (χ3v) is 7.28. The number of alkyl carbamates (subject to hydrolysis) is 1. The van der Waals surface area contributed by atoms with Crippen LogP contribution in [0, 0.1) is 5.92 Å². The van der Waals surface area contributed by atoms with Crippen molar-refractivity contribution in [1.29, 1.82) is 0 Å². The molecule has 0 aliphatic heterocycles. The first-order valence-electron chi connectivity index (χ1n) is 15.5. The molecule has 16 nitrogen and oxygen atoms in total. The summed E-state index contributed by atoms with van der Waals surface area (Å²) in [6.07, 6.45) is 6.72. The largest absolute Gasteiger partial charge is 0.480 e. The van der Waals surface area contributed by atoms with Crippen LogP contribution < -0.4 is 26.6 Å². The molecule has 0 aromatic carbocycles. The highest BCUT2D eigenvalue weighted by Crippen LogP contribution is 2.27. The monoisotopic (exact) mass is 649 g/mol. The van der Waals surface area contributed by atoms with Crippen molar-refractivity contribution in [3.8, 4) is 0 Å². The highest BCUT2D eigenvalue weighted by molar-refractivity contribution is 6.38. The van der Waals surface area contributed by atoms with Crippen molar-refractivity contribution in [3.05, 3.63) is 18.2 Å². The fraction of sp³-hybridized carbons (Fsp3) is 0.667. The third-order valence-electron chi connectivity index (χ3n) is 7.28. The highest BCUT2D eigenvalue weighted by Gasteiger charge is 2.36. The van der Waals surface area contributed by atoms with Crippen molar-refractivity contribution in [1.82, 2.24) is 36.6 Å². The molecule has 0 spiro atoms. The van der Waals surface area contributed by atoms with E-state index >= 15 is 0 Å². The molecule has 2 rings (SSSR count). The number of aromatic nitrogens is 2. The van der Waals surface area contributed by atoms with E-state index in [0.717, 1.165) is 19.3 Å². The molecule has 46 heavy (non-hydrogen) atoms. The van der Waals surface area contributed by atoms with Gasteiger partial charge in [-0.1, -0.05) is 32.6 Å². The smallest absolute Gasteiger partial charge is 0.408 e. The fourth-order valence-corrected chi connectivity index (χ4v) is 4.98. The van der Waals surface area contributed by atoms with E-state index in [1.54, 1.807) is 27.7 Å². The molecule has 5 amide bonds. The van der Waals surface area contributed by atoms with E-state index in [0.29, 0.717) is 25.0 Å². The van der Waals surface area contributed by atoms with Crippen LogP contribution >= 0.6 is 0 Å². The summed E-state index contributed by atoms with van der Waals surface area (Å²) in [6.45, 7) is 7.44. The Bertz CT molecular complexity index is 1220. The quantitative estimate of drug-likeness (QED) is 0.122. The van der Waals surface area contributed by atoms with Gasteiger partial charge in [-0.15, -0.1) is 0 Å². The van der Waals surface area contributed by atoms with E-state index in [4.69, 9.17) is 9.84 Å². The van der Waals surface area contributed by atoms with Gasteiger partial charge in [0.1, 0.15) is 23.7 Å². The van der Waals surface area contributed by atoms with Gasteiger partial charge < -0.3 is 41.4 Å². The SMILES string of the molecule is CCCC(NC(=O)[C@H](Cc1cnc[nH]1)NC(=O)[C@@H](NC(=O)OC(C)(C)C)C1CCCCC1)C(=O)C(=O)NCC(=O)N[C@@H](C)C(=O)O. The normalized spacial score (nSPS) is 16.1. The molecule has 1 aliphatic carbocycles. The van der Waals surface area contributed by atoms with Crippen molar-refractivity contribution in [3.63, 3.8) is 0 Å². The number of carbonyl (C=O) groups is 7. The predicted octanol–water partition coefficient (Wildman–Crippen LogP) is 0.470. The average Bonchev–Trinajstić information content (AvgIpc) is 3.50. The Morgan fingerprint density at radius 3 is 2.20 bits per heavy atom. The molecule has 1 saturated carbocycles. The van der Waals surface area contributed by atoms with Gasteiger partial charge in [0.2, 0.25) is 23.5 Å². The van der Waals surface area contributed by atoms with E-state index < -0.39 is 77.8 Å². The van der Waals surface area contributed by atoms with Crippen molar-refractivity contribution >= 4 is 41.5 Å². The maximum absolute atomic E-state index is 13.7. The molecule has 7 N–H and O–H groups in total. The van der Waals surface area contributed by atoms with Crippen molar-refractivity contribution < 1.29 is 43.4 Å². The minimum absolute atomic E-state index is 0.0391.